The molecular weight excluding hydrogens is 250 g/mol. The number of rotatable bonds is 5. The quantitative estimate of drug-likeness (QED) is 0.889. The summed E-state index contributed by atoms with van der Waals surface area (Å²) in [7, 11) is 0. The van der Waals surface area contributed by atoms with Crippen molar-refractivity contribution < 1.29 is 4.74 Å². The minimum atomic E-state index is 0.500. The van der Waals surface area contributed by atoms with Gasteiger partial charge in [-0.3, -0.25) is 0 Å². The Hall–Kier alpha value is -1.32. The SMILES string of the molecule is Cc1nc(NC2CCCCC2C)cc(OCC(C)C)n1. The smallest absolute Gasteiger partial charge is 0.218 e. The molecule has 1 aliphatic rings. The van der Waals surface area contributed by atoms with E-state index in [1.54, 1.807) is 0 Å². The lowest BCUT2D eigenvalue weighted by molar-refractivity contribution is 0.260. The Kier molecular flexibility index (Phi) is 5.21. The van der Waals surface area contributed by atoms with Gasteiger partial charge in [-0.15, -0.1) is 0 Å². The van der Waals surface area contributed by atoms with E-state index >= 15 is 0 Å². The summed E-state index contributed by atoms with van der Waals surface area (Å²) >= 11 is 0. The van der Waals surface area contributed by atoms with E-state index in [1.807, 2.05) is 13.0 Å². The number of anilines is 1. The van der Waals surface area contributed by atoms with Crippen molar-refractivity contribution in [3.63, 3.8) is 0 Å². The van der Waals surface area contributed by atoms with Crippen LogP contribution in [0, 0.1) is 18.8 Å². The summed E-state index contributed by atoms with van der Waals surface area (Å²) in [6, 6.07) is 2.45. The zero-order chi connectivity index (χ0) is 14.5. The highest BCUT2D eigenvalue weighted by molar-refractivity contribution is 5.39. The first-order valence-electron chi connectivity index (χ1n) is 7.79. The molecule has 0 radical (unpaired) electrons. The van der Waals surface area contributed by atoms with E-state index in [2.05, 4.69) is 36.1 Å². The number of nitrogens with one attached hydrogen (secondary N) is 1. The summed E-state index contributed by atoms with van der Waals surface area (Å²) in [4.78, 5) is 8.83. The largest absolute Gasteiger partial charge is 0.477 e. The van der Waals surface area contributed by atoms with Crippen molar-refractivity contribution in [1.29, 1.82) is 0 Å². The molecule has 0 saturated heterocycles. The molecule has 1 fully saturated rings. The van der Waals surface area contributed by atoms with Crippen LogP contribution in [0.2, 0.25) is 0 Å². The first-order chi connectivity index (χ1) is 9.54. The van der Waals surface area contributed by atoms with Gasteiger partial charge in [-0.1, -0.05) is 33.6 Å². The molecule has 1 aliphatic carbocycles. The van der Waals surface area contributed by atoms with Crippen LogP contribution in [0.5, 0.6) is 5.88 Å². The normalized spacial score (nSPS) is 22.9. The molecular formula is C16H27N3O. The van der Waals surface area contributed by atoms with Crippen molar-refractivity contribution >= 4 is 5.82 Å². The Bertz CT molecular complexity index is 434. The summed E-state index contributed by atoms with van der Waals surface area (Å²) < 4.78 is 5.71. The van der Waals surface area contributed by atoms with Crippen molar-refractivity contribution in [3.05, 3.63) is 11.9 Å². The average molecular weight is 277 g/mol. The fraction of sp³-hybridized carbons (Fsp3) is 0.750. The molecule has 0 spiro atoms. The highest BCUT2D eigenvalue weighted by Crippen LogP contribution is 2.27. The van der Waals surface area contributed by atoms with Crippen LogP contribution in [0.15, 0.2) is 6.07 Å². The molecule has 20 heavy (non-hydrogen) atoms. The Labute approximate surface area is 122 Å². The van der Waals surface area contributed by atoms with Crippen LogP contribution < -0.4 is 10.1 Å². The van der Waals surface area contributed by atoms with Gasteiger partial charge in [-0.25, -0.2) is 4.98 Å². The van der Waals surface area contributed by atoms with Gasteiger partial charge >= 0.3 is 0 Å². The third kappa shape index (κ3) is 4.36. The van der Waals surface area contributed by atoms with Crippen molar-refractivity contribution in [2.45, 2.75) is 59.4 Å². The average Bonchev–Trinajstić information content (AvgIpc) is 2.38. The van der Waals surface area contributed by atoms with Gasteiger partial charge in [0.1, 0.15) is 11.6 Å². The number of ether oxygens (including phenoxy) is 1. The molecule has 0 aliphatic heterocycles. The maximum Gasteiger partial charge on any atom is 0.218 e. The Morgan fingerprint density at radius 2 is 2.05 bits per heavy atom. The minimum Gasteiger partial charge on any atom is -0.477 e. The summed E-state index contributed by atoms with van der Waals surface area (Å²) in [6.45, 7) is 9.20. The summed E-state index contributed by atoms with van der Waals surface area (Å²) in [5.74, 6) is 3.54. The molecule has 2 rings (SSSR count). The maximum absolute atomic E-state index is 5.71. The Morgan fingerprint density at radius 3 is 2.75 bits per heavy atom. The topological polar surface area (TPSA) is 47.0 Å². The van der Waals surface area contributed by atoms with Crippen LogP contribution in [0.3, 0.4) is 0 Å². The lowest BCUT2D eigenvalue weighted by atomic mass is 9.86. The predicted molar refractivity (Wildman–Crippen MR) is 82.1 cm³/mol. The molecule has 1 saturated carbocycles. The zero-order valence-corrected chi connectivity index (χ0v) is 13.1. The van der Waals surface area contributed by atoms with Crippen LogP contribution in [0.25, 0.3) is 0 Å². The molecule has 1 N–H and O–H groups in total. The third-order valence-electron chi connectivity index (χ3n) is 3.82. The molecule has 2 unspecified atom stereocenters. The Morgan fingerprint density at radius 1 is 1.30 bits per heavy atom. The maximum atomic E-state index is 5.71. The van der Waals surface area contributed by atoms with Crippen molar-refractivity contribution in [2.75, 3.05) is 11.9 Å². The van der Waals surface area contributed by atoms with Gasteiger partial charge in [0.2, 0.25) is 5.88 Å². The molecule has 0 aromatic carbocycles. The van der Waals surface area contributed by atoms with Gasteiger partial charge in [-0.05, 0) is 31.6 Å². The number of aryl methyl sites for hydroxylation is 1. The standard InChI is InChI=1S/C16H27N3O/c1-11(2)10-20-16-9-15(17-13(4)18-16)19-14-8-6-5-7-12(14)3/h9,11-12,14H,5-8,10H2,1-4H3,(H,17,18,19). The molecule has 0 amide bonds. The van der Waals surface area contributed by atoms with Gasteiger partial charge in [0.15, 0.2) is 0 Å². The molecule has 1 heterocycles. The van der Waals surface area contributed by atoms with Gasteiger partial charge < -0.3 is 10.1 Å². The number of hydrogen-bond donors (Lipinski definition) is 1. The first kappa shape index (κ1) is 15.1. The minimum absolute atomic E-state index is 0.500. The van der Waals surface area contributed by atoms with Gasteiger partial charge in [0.05, 0.1) is 6.61 Å². The van der Waals surface area contributed by atoms with Crippen LogP contribution in [-0.2, 0) is 0 Å². The molecule has 0 bridgehead atoms. The second-order valence-electron chi connectivity index (χ2n) is 6.36. The predicted octanol–water partition coefficient (Wildman–Crippen LogP) is 3.81. The monoisotopic (exact) mass is 277 g/mol. The second-order valence-corrected chi connectivity index (χ2v) is 6.36. The second kappa shape index (κ2) is 6.91. The zero-order valence-electron chi connectivity index (χ0n) is 13.1. The first-order valence-corrected chi connectivity index (χ1v) is 7.79. The fourth-order valence-corrected chi connectivity index (χ4v) is 2.66. The third-order valence-corrected chi connectivity index (χ3v) is 3.82. The van der Waals surface area contributed by atoms with E-state index in [4.69, 9.17) is 4.74 Å². The summed E-state index contributed by atoms with van der Waals surface area (Å²) in [5, 5.41) is 3.57. The van der Waals surface area contributed by atoms with Gasteiger partial charge in [0.25, 0.3) is 0 Å². The van der Waals surface area contributed by atoms with Crippen LogP contribution in [0.1, 0.15) is 52.3 Å². The van der Waals surface area contributed by atoms with E-state index in [0.717, 1.165) is 11.6 Å². The van der Waals surface area contributed by atoms with Crippen molar-refractivity contribution in [1.82, 2.24) is 9.97 Å². The Balaban J connectivity index is 2.03. The van der Waals surface area contributed by atoms with E-state index in [1.165, 1.54) is 25.7 Å². The van der Waals surface area contributed by atoms with Gasteiger partial charge in [-0.2, -0.15) is 4.98 Å². The summed E-state index contributed by atoms with van der Waals surface area (Å²) in [5.41, 5.74) is 0. The molecule has 2 atom stereocenters. The molecule has 4 nitrogen and oxygen atoms in total. The van der Waals surface area contributed by atoms with Crippen LogP contribution in [-0.4, -0.2) is 22.6 Å². The number of nitrogens with zero attached hydrogens (tertiary/aromatic N) is 2. The van der Waals surface area contributed by atoms with Gasteiger partial charge in [0, 0.05) is 12.1 Å². The fourth-order valence-electron chi connectivity index (χ4n) is 2.66. The molecule has 4 heteroatoms. The van der Waals surface area contributed by atoms with Crippen LogP contribution in [0.4, 0.5) is 5.82 Å². The highest BCUT2D eigenvalue weighted by atomic mass is 16.5. The van der Waals surface area contributed by atoms with E-state index in [9.17, 15) is 0 Å². The van der Waals surface area contributed by atoms with Crippen molar-refractivity contribution in [3.8, 4) is 5.88 Å². The molecule has 1 aromatic heterocycles. The van der Waals surface area contributed by atoms with Crippen molar-refractivity contribution in [2.24, 2.45) is 11.8 Å². The lowest BCUT2D eigenvalue weighted by Gasteiger charge is -2.30. The summed E-state index contributed by atoms with van der Waals surface area (Å²) in [6.07, 6.45) is 5.19. The van der Waals surface area contributed by atoms with E-state index in [0.29, 0.717) is 30.4 Å². The number of aromatic nitrogens is 2. The highest BCUT2D eigenvalue weighted by Gasteiger charge is 2.21. The van der Waals surface area contributed by atoms with E-state index in [-0.39, 0.29) is 0 Å². The number of hydrogen-bond acceptors (Lipinski definition) is 4. The molecule has 1 aromatic rings. The van der Waals surface area contributed by atoms with Crippen LogP contribution >= 0.6 is 0 Å². The lowest BCUT2D eigenvalue weighted by Crippen LogP contribution is -2.30. The molecule has 112 valence electrons. The van der Waals surface area contributed by atoms with E-state index < -0.39 is 0 Å².